The third kappa shape index (κ3) is 1.44. The molecule has 0 radical (unpaired) electrons. The van der Waals surface area contributed by atoms with Gasteiger partial charge in [-0.3, -0.25) is 0 Å². The predicted molar refractivity (Wildman–Crippen MR) is 53.2 cm³/mol. The Morgan fingerprint density at radius 1 is 1.33 bits per heavy atom. The van der Waals surface area contributed by atoms with E-state index in [1.807, 2.05) is 13.1 Å². The topological polar surface area (TPSA) is 56.7 Å². The van der Waals surface area contributed by atoms with E-state index in [0.29, 0.717) is 11.7 Å². The van der Waals surface area contributed by atoms with E-state index in [4.69, 9.17) is 4.52 Å². The summed E-state index contributed by atoms with van der Waals surface area (Å²) in [4.78, 5) is 8.67. The van der Waals surface area contributed by atoms with Crippen LogP contribution in [0.1, 0.15) is 24.5 Å². The Bertz CT molecular complexity index is 462. The second-order valence-electron chi connectivity index (χ2n) is 3.84. The Labute approximate surface area is 87.1 Å². The van der Waals surface area contributed by atoms with Crippen LogP contribution in [0.4, 0.5) is 0 Å². The number of aromatic nitrogens is 4. The molecule has 0 aliphatic carbocycles. The maximum Gasteiger partial charge on any atom is 0.278 e. The van der Waals surface area contributed by atoms with Gasteiger partial charge in [-0.25, -0.2) is 4.98 Å². The number of nitrogens with zero attached hydrogens (tertiary/aromatic N) is 4. The van der Waals surface area contributed by atoms with Crippen molar-refractivity contribution in [1.29, 1.82) is 0 Å². The fourth-order valence-electron chi connectivity index (χ4n) is 1.92. The van der Waals surface area contributed by atoms with Gasteiger partial charge in [-0.15, -0.1) is 0 Å². The van der Waals surface area contributed by atoms with Crippen molar-refractivity contribution in [3.63, 3.8) is 0 Å². The van der Waals surface area contributed by atoms with Crippen LogP contribution in [0.5, 0.6) is 0 Å². The van der Waals surface area contributed by atoms with Crippen molar-refractivity contribution in [2.24, 2.45) is 0 Å². The molecule has 78 valence electrons. The molecule has 15 heavy (non-hydrogen) atoms. The average Bonchev–Trinajstić information content (AvgIpc) is 2.82. The van der Waals surface area contributed by atoms with Crippen LogP contribution in [-0.2, 0) is 13.0 Å². The minimum absolute atomic E-state index is 0.523. The largest absolute Gasteiger partial charge is 0.334 e. The maximum absolute atomic E-state index is 5.09. The number of rotatable bonds is 1. The van der Waals surface area contributed by atoms with E-state index >= 15 is 0 Å². The van der Waals surface area contributed by atoms with Crippen molar-refractivity contribution in [3.8, 4) is 11.6 Å². The normalized spacial score (nSPS) is 15.3. The molecule has 0 saturated carbocycles. The van der Waals surface area contributed by atoms with E-state index in [1.165, 1.54) is 12.8 Å². The summed E-state index contributed by atoms with van der Waals surface area (Å²) >= 11 is 0. The lowest BCUT2D eigenvalue weighted by Gasteiger charge is -2.11. The Kier molecular flexibility index (Phi) is 1.83. The van der Waals surface area contributed by atoms with Gasteiger partial charge in [0.1, 0.15) is 11.5 Å². The summed E-state index contributed by atoms with van der Waals surface area (Å²) in [6.45, 7) is 2.86. The SMILES string of the molecule is Cc1noc(-c2cn3c(n2)CCCC3)n1. The van der Waals surface area contributed by atoms with Gasteiger partial charge >= 0.3 is 0 Å². The van der Waals surface area contributed by atoms with E-state index in [0.717, 1.165) is 24.5 Å². The van der Waals surface area contributed by atoms with Gasteiger partial charge in [0, 0.05) is 19.2 Å². The molecule has 3 rings (SSSR count). The Morgan fingerprint density at radius 2 is 2.27 bits per heavy atom. The molecule has 0 saturated heterocycles. The Hall–Kier alpha value is -1.65. The first-order valence-electron chi connectivity index (χ1n) is 5.19. The standard InChI is InChI=1S/C10H12N4O/c1-7-11-10(15-13-7)8-6-14-5-3-2-4-9(14)12-8/h6H,2-5H2,1H3. The second kappa shape index (κ2) is 3.18. The van der Waals surface area contributed by atoms with Crippen LogP contribution >= 0.6 is 0 Å². The molecule has 0 bridgehead atoms. The van der Waals surface area contributed by atoms with E-state index in [-0.39, 0.29) is 0 Å². The molecule has 1 aliphatic heterocycles. The number of hydrogen-bond donors (Lipinski definition) is 0. The van der Waals surface area contributed by atoms with Crippen LogP contribution < -0.4 is 0 Å². The van der Waals surface area contributed by atoms with Crippen LogP contribution in [0.2, 0.25) is 0 Å². The molecule has 0 atom stereocenters. The first kappa shape index (κ1) is 8.64. The summed E-state index contributed by atoms with van der Waals surface area (Å²) in [5.74, 6) is 2.30. The molecular weight excluding hydrogens is 192 g/mol. The monoisotopic (exact) mass is 204 g/mol. The van der Waals surface area contributed by atoms with Crippen molar-refractivity contribution < 1.29 is 4.52 Å². The number of aryl methyl sites for hydroxylation is 3. The van der Waals surface area contributed by atoms with Crippen LogP contribution in [0.3, 0.4) is 0 Å². The van der Waals surface area contributed by atoms with Gasteiger partial charge in [0.2, 0.25) is 0 Å². The fourth-order valence-corrected chi connectivity index (χ4v) is 1.92. The number of fused-ring (bicyclic) bond motifs is 1. The molecule has 1 aliphatic rings. The lowest BCUT2D eigenvalue weighted by Crippen LogP contribution is -2.08. The maximum atomic E-state index is 5.09. The Balaban J connectivity index is 2.02. The van der Waals surface area contributed by atoms with Gasteiger partial charge in [-0.05, 0) is 19.8 Å². The van der Waals surface area contributed by atoms with Crippen molar-refractivity contribution in [2.75, 3.05) is 0 Å². The molecule has 0 unspecified atom stereocenters. The highest BCUT2D eigenvalue weighted by molar-refractivity contribution is 5.45. The highest BCUT2D eigenvalue weighted by atomic mass is 16.5. The fraction of sp³-hybridized carbons (Fsp3) is 0.500. The quantitative estimate of drug-likeness (QED) is 0.707. The van der Waals surface area contributed by atoms with Gasteiger partial charge in [0.25, 0.3) is 5.89 Å². The minimum atomic E-state index is 0.523. The number of hydrogen-bond acceptors (Lipinski definition) is 4. The van der Waals surface area contributed by atoms with Gasteiger partial charge < -0.3 is 9.09 Å². The van der Waals surface area contributed by atoms with E-state index < -0.39 is 0 Å². The van der Waals surface area contributed by atoms with Crippen molar-refractivity contribution in [2.45, 2.75) is 32.7 Å². The first-order valence-corrected chi connectivity index (χ1v) is 5.19. The molecule has 2 aromatic rings. The lowest BCUT2D eigenvalue weighted by atomic mass is 10.2. The molecule has 2 aromatic heterocycles. The van der Waals surface area contributed by atoms with E-state index in [1.54, 1.807) is 0 Å². The molecule has 0 N–H and O–H groups in total. The van der Waals surface area contributed by atoms with Crippen LogP contribution in [0, 0.1) is 6.92 Å². The average molecular weight is 204 g/mol. The van der Waals surface area contributed by atoms with Crippen LogP contribution in [-0.4, -0.2) is 19.7 Å². The summed E-state index contributed by atoms with van der Waals surface area (Å²) < 4.78 is 7.27. The van der Waals surface area contributed by atoms with Crippen molar-refractivity contribution in [1.82, 2.24) is 19.7 Å². The zero-order valence-electron chi connectivity index (χ0n) is 8.60. The zero-order chi connectivity index (χ0) is 10.3. The van der Waals surface area contributed by atoms with E-state index in [2.05, 4.69) is 19.7 Å². The number of imidazole rings is 1. The summed E-state index contributed by atoms with van der Waals surface area (Å²) in [6.07, 6.45) is 5.50. The van der Waals surface area contributed by atoms with Gasteiger partial charge in [-0.2, -0.15) is 4.98 Å². The minimum Gasteiger partial charge on any atom is -0.334 e. The summed E-state index contributed by atoms with van der Waals surface area (Å²) in [5.41, 5.74) is 0.799. The molecule has 0 aromatic carbocycles. The summed E-state index contributed by atoms with van der Waals surface area (Å²) in [5, 5.41) is 3.76. The van der Waals surface area contributed by atoms with Crippen LogP contribution in [0.15, 0.2) is 10.7 Å². The molecular formula is C10H12N4O. The highest BCUT2D eigenvalue weighted by Gasteiger charge is 2.16. The van der Waals surface area contributed by atoms with Gasteiger partial charge in [0.05, 0.1) is 0 Å². The molecule has 0 fully saturated rings. The third-order valence-corrected chi connectivity index (χ3v) is 2.66. The summed E-state index contributed by atoms with van der Waals surface area (Å²) in [7, 11) is 0. The molecule has 5 nitrogen and oxygen atoms in total. The zero-order valence-corrected chi connectivity index (χ0v) is 8.60. The highest BCUT2D eigenvalue weighted by Crippen LogP contribution is 2.20. The van der Waals surface area contributed by atoms with Gasteiger partial charge in [0.15, 0.2) is 5.82 Å². The Morgan fingerprint density at radius 3 is 3.00 bits per heavy atom. The van der Waals surface area contributed by atoms with Crippen molar-refractivity contribution >= 4 is 0 Å². The lowest BCUT2D eigenvalue weighted by molar-refractivity contribution is 0.424. The van der Waals surface area contributed by atoms with Gasteiger partial charge in [-0.1, -0.05) is 5.16 Å². The molecule has 0 spiro atoms. The third-order valence-electron chi connectivity index (χ3n) is 2.66. The smallest absolute Gasteiger partial charge is 0.278 e. The summed E-state index contributed by atoms with van der Waals surface area (Å²) in [6, 6.07) is 0. The second-order valence-corrected chi connectivity index (χ2v) is 3.84. The predicted octanol–water partition coefficient (Wildman–Crippen LogP) is 1.58. The van der Waals surface area contributed by atoms with Crippen LogP contribution in [0.25, 0.3) is 11.6 Å². The first-order chi connectivity index (χ1) is 7.33. The molecule has 3 heterocycles. The van der Waals surface area contributed by atoms with Crippen molar-refractivity contribution in [3.05, 3.63) is 17.8 Å². The van der Waals surface area contributed by atoms with E-state index in [9.17, 15) is 0 Å². The molecule has 0 amide bonds. The molecule has 5 heteroatoms.